The first kappa shape index (κ1) is 5.60. The molecule has 1 fully saturated rings. The number of piperidine rings is 1. The van der Waals surface area contributed by atoms with Crippen LogP contribution in [-0.4, -0.2) is 24.0 Å². The summed E-state index contributed by atoms with van der Waals surface area (Å²) >= 11 is 0. The largest absolute Gasteiger partial charge is 0.294 e. The maximum Gasteiger partial charge on any atom is 0.229 e. The molecule has 2 nitrogen and oxygen atoms in total. The average molecular weight is 113 g/mol. The van der Waals surface area contributed by atoms with E-state index in [9.17, 15) is 0 Å². The second-order valence-corrected chi connectivity index (χ2v) is 2.25. The van der Waals surface area contributed by atoms with Gasteiger partial charge in [0.1, 0.15) is 0 Å². The van der Waals surface area contributed by atoms with Gasteiger partial charge < -0.3 is 0 Å². The Morgan fingerprint density at radius 1 is 1.12 bits per heavy atom. The van der Waals surface area contributed by atoms with E-state index in [1.807, 2.05) is 0 Å². The lowest BCUT2D eigenvalue weighted by Crippen LogP contribution is -2.23. The Bertz CT molecular complexity index is 88.7. The normalized spacial score (nSPS) is 20.8. The molecule has 0 unspecified atom stereocenters. The van der Waals surface area contributed by atoms with Gasteiger partial charge in [0, 0.05) is 0 Å². The molecule has 0 amide bonds. The van der Waals surface area contributed by atoms with E-state index >= 15 is 0 Å². The quantitative estimate of drug-likeness (QED) is 0.352. The molecule has 0 aliphatic carbocycles. The van der Waals surface area contributed by atoms with Crippen molar-refractivity contribution >= 4 is 6.34 Å². The first-order valence-corrected chi connectivity index (χ1v) is 3.22. The molecule has 0 spiro atoms. The number of nitrogens with two attached hydrogens (primary N) is 1. The monoisotopic (exact) mass is 113 g/mol. The zero-order valence-corrected chi connectivity index (χ0v) is 5.14. The van der Waals surface area contributed by atoms with Gasteiger partial charge in [0.05, 0.1) is 13.1 Å². The lowest BCUT2D eigenvalue weighted by atomic mass is 10.2. The summed E-state index contributed by atoms with van der Waals surface area (Å²) < 4.78 is 2.17. The Labute approximate surface area is 50.0 Å². The Hall–Kier alpha value is -0.530. The summed E-state index contributed by atoms with van der Waals surface area (Å²) in [7, 11) is 0. The minimum atomic E-state index is 1.16. The van der Waals surface area contributed by atoms with Crippen LogP contribution in [0.15, 0.2) is 0 Å². The minimum Gasteiger partial charge on any atom is -0.294 e. The van der Waals surface area contributed by atoms with Crippen molar-refractivity contribution in [2.75, 3.05) is 13.1 Å². The van der Waals surface area contributed by atoms with E-state index in [1.165, 1.54) is 19.3 Å². The van der Waals surface area contributed by atoms with E-state index in [-0.39, 0.29) is 0 Å². The van der Waals surface area contributed by atoms with Gasteiger partial charge in [-0.05, 0) is 19.3 Å². The maximum atomic E-state index is 5.30. The Balaban J connectivity index is 2.33. The van der Waals surface area contributed by atoms with Crippen LogP contribution in [0.1, 0.15) is 19.3 Å². The highest BCUT2D eigenvalue weighted by Gasteiger charge is 2.04. The molecule has 1 aliphatic rings. The lowest BCUT2D eigenvalue weighted by molar-refractivity contribution is -0.533. The van der Waals surface area contributed by atoms with Crippen LogP contribution in [0.3, 0.4) is 0 Å². The predicted molar refractivity (Wildman–Crippen MR) is 34.1 cm³/mol. The number of nitrogens with zero attached hydrogens (tertiary/aromatic N) is 1. The molecule has 0 aromatic rings. The highest BCUT2D eigenvalue weighted by molar-refractivity contribution is 5.44. The first-order chi connectivity index (χ1) is 3.93. The fourth-order valence-electron chi connectivity index (χ4n) is 1.07. The standard InChI is InChI=1S/C6H12N2/c7-6-8-4-2-1-3-5-8/h6-7H,1-5H2/p+1. The van der Waals surface area contributed by atoms with E-state index < -0.39 is 0 Å². The summed E-state index contributed by atoms with van der Waals surface area (Å²) in [5, 5.41) is 0. The summed E-state index contributed by atoms with van der Waals surface area (Å²) in [4.78, 5) is 0. The minimum absolute atomic E-state index is 1.16. The fraction of sp³-hybridized carbons (Fsp3) is 0.833. The highest BCUT2D eigenvalue weighted by atomic mass is 15.0. The van der Waals surface area contributed by atoms with Crippen molar-refractivity contribution in [3.8, 4) is 0 Å². The van der Waals surface area contributed by atoms with Gasteiger partial charge in [-0.2, -0.15) is 0 Å². The Morgan fingerprint density at radius 3 is 2.12 bits per heavy atom. The van der Waals surface area contributed by atoms with Crippen molar-refractivity contribution < 1.29 is 4.58 Å². The summed E-state index contributed by atoms with van der Waals surface area (Å²) in [6, 6.07) is 0. The summed E-state index contributed by atoms with van der Waals surface area (Å²) in [6.07, 6.45) is 5.70. The number of rotatable bonds is 0. The predicted octanol–water partition coefficient (Wildman–Crippen LogP) is 0.170. The van der Waals surface area contributed by atoms with Gasteiger partial charge in [-0.3, -0.25) is 10.3 Å². The molecular formula is C6H13N2+. The first-order valence-electron chi connectivity index (χ1n) is 3.22. The van der Waals surface area contributed by atoms with Crippen LogP contribution in [0.2, 0.25) is 0 Å². The van der Waals surface area contributed by atoms with Crippen molar-refractivity contribution in [3.63, 3.8) is 0 Å². The van der Waals surface area contributed by atoms with Gasteiger partial charge in [0.25, 0.3) is 0 Å². The molecule has 0 saturated carbocycles. The van der Waals surface area contributed by atoms with Gasteiger partial charge in [-0.25, -0.2) is 0 Å². The average Bonchev–Trinajstić information content (AvgIpc) is 1.90. The Kier molecular flexibility index (Phi) is 1.89. The van der Waals surface area contributed by atoms with Gasteiger partial charge >= 0.3 is 0 Å². The van der Waals surface area contributed by atoms with Crippen molar-refractivity contribution in [2.45, 2.75) is 19.3 Å². The molecule has 0 bridgehead atoms. The molecule has 1 saturated heterocycles. The molecule has 1 rings (SSSR count). The SMILES string of the molecule is NC=[N+]1CCCCC1. The molecule has 2 N–H and O–H groups in total. The van der Waals surface area contributed by atoms with Gasteiger partial charge in [-0.1, -0.05) is 0 Å². The topological polar surface area (TPSA) is 29.0 Å². The van der Waals surface area contributed by atoms with Crippen LogP contribution in [0.4, 0.5) is 0 Å². The summed E-state index contributed by atoms with van der Waals surface area (Å²) in [6.45, 7) is 2.33. The lowest BCUT2D eigenvalue weighted by Gasteiger charge is -2.10. The van der Waals surface area contributed by atoms with E-state index in [4.69, 9.17) is 5.73 Å². The van der Waals surface area contributed by atoms with Crippen LogP contribution < -0.4 is 5.73 Å². The molecule has 8 heavy (non-hydrogen) atoms. The zero-order valence-electron chi connectivity index (χ0n) is 5.14. The fourth-order valence-corrected chi connectivity index (χ4v) is 1.07. The highest BCUT2D eigenvalue weighted by Crippen LogP contribution is 2.01. The molecule has 2 heteroatoms. The number of hydrogen-bond acceptors (Lipinski definition) is 0. The smallest absolute Gasteiger partial charge is 0.229 e. The molecule has 46 valence electrons. The van der Waals surface area contributed by atoms with Crippen molar-refractivity contribution in [2.24, 2.45) is 5.73 Å². The van der Waals surface area contributed by atoms with Crippen LogP contribution >= 0.6 is 0 Å². The molecule has 0 aromatic heterocycles. The second kappa shape index (κ2) is 2.70. The van der Waals surface area contributed by atoms with Crippen LogP contribution in [0, 0.1) is 0 Å². The third-order valence-electron chi connectivity index (χ3n) is 1.60. The van der Waals surface area contributed by atoms with E-state index in [2.05, 4.69) is 4.58 Å². The van der Waals surface area contributed by atoms with Gasteiger partial charge in [0.15, 0.2) is 0 Å². The van der Waals surface area contributed by atoms with Crippen molar-refractivity contribution in [3.05, 3.63) is 0 Å². The van der Waals surface area contributed by atoms with E-state index in [1.54, 1.807) is 6.34 Å². The van der Waals surface area contributed by atoms with Gasteiger partial charge in [0.2, 0.25) is 6.34 Å². The van der Waals surface area contributed by atoms with Crippen LogP contribution in [0.25, 0.3) is 0 Å². The zero-order chi connectivity index (χ0) is 5.82. The molecule has 0 atom stereocenters. The third kappa shape index (κ3) is 1.22. The van der Waals surface area contributed by atoms with E-state index in [0.717, 1.165) is 13.1 Å². The molecule has 0 aromatic carbocycles. The number of hydrogen-bond donors (Lipinski definition) is 1. The van der Waals surface area contributed by atoms with E-state index in [0.29, 0.717) is 0 Å². The van der Waals surface area contributed by atoms with Crippen LogP contribution in [-0.2, 0) is 0 Å². The molecule has 1 aliphatic heterocycles. The summed E-state index contributed by atoms with van der Waals surface area (Å²) in [5.41, 5.74) is 5.30. The maximum absolute atomic E-state index is 5.30. The Morgan fingerprint density at radius 2 is 1.75 bits per heavy atom. The van der Waals surface area contributed by atoms with Crippen LogP contribution in [0.5, 0.6) is 0 Å². The molecule has 1 heterocycles. The molecule has 0 radical (unpaired) electrons. The summed E-state index contributed by atoms with van der Waals surface area (Å²) in [5.74, 6) is 0. The molecular weight excluding hydrogens is 100 g/mol. The van der Waals surface area contributed by atoms with Gasteiger partial charge in [-0.15, -0.1) is 0 Å². The third-order valence-corrected chi connectivity index (χ3v) is 1.60. The second-order valence-electron chi connectivity index (χ2n) is 2.25. The van der Waals surface area contributed by atoms with Crippen molar-refractivity contribution in [1.29, 1.82) is 0 Å². The van der Waals surface area contributed by atoms with Crippen molar-refractivity contribution in [1.82, 2.24) is 0 Å².